The fraction of sp³-hybridized carbons (Fsp3) is 0.533. The first-order valence-corrected chi connectivity index (χ1v) is 15.7. The van der Waals surface area contributed by atoms with E-state index >= 15 is 0 Å². The van der Waals surface area contributed by atoms with Crippen LogP contribution in [0.4, 0.5) is 35.1 Å². The number of H-pyrrole nitrogens is 1. The van der Waals surface area contributed by atoms with Gasteiger partial charge in [-0.1, -0.05) is 35.7 Å². The number of imidazole rings is 1. The summed E-state index contributed by atoms with van der Waals surface area (Å²) in [5.74, 6) is -3.64. The number of rotatable bonds is 10. The summed E-state index contributed by atoms with van der Waals surface area (Å²) in [6, 6.07) is 3.60. The number of nitrogens with zero attached hydrogens (tertiary/aromatic N) is 2. The molecule has 3 N–H and O–H groups in total. The third kappa shape index (κ3) is 7.58. The van der Waals surface area contributed by atoms with Crippen LogP contribution in [0.5, 0.6) is 5.88 Å². The quantitative estimate of drug-likeness (QED) is 0.186. The molecule has 2 aliphatic carbocycles. The summed E-state index contributed by atoms with van der Waals surface area (Å²) in [4.78, 5) is 37.1. The molecule has 0 aliphatic heterocycles. The zero-order valence-electron chi connectivity index (χ0n) is 24.9. The molecule has 5 rings (SSSR count). The third-order valence-electron chi connectivity index (χ3n) is 8.84. The monoisotopic (exact) mass is 729 g/mol. The van der Waals surface area contributed by atoms with Crippen molar-refractivity contribution in [2.45, 2.75) is 82.7 Å². The lowest BCUT2D eigenvalue weighted by atomic mass is 9.67. The molecule has 262 valence electrons. The molecule has 2 amide bonds. The fourth-order valence-electron chi connectivity index (χ4n) is 5.93. The fourth-order valence-corrected chi connectivity index (χ4v) is 6.50. The maximum absolute atomic E-state index is 13.6. The van der Waals surface area contributed by atoms with Crippen molar-refractivity contribution in [1.29, 1.82) is 0 Å². The van der Waals surface area contributed by atoms with Gasteiger partial charge in [0.05, 0.1) is 16.5 Å². The number of aromatic nitrogens is 3. The molecule has 48 heavy (non-hydrogen) atoms. The van der Waals surface area contributed by atoms with Gasteiger partial charge in [0.2, 0.25) is 11.8 Å². The molecule has 2 aromatic heterocycles. The van der Waals surface area contributed by atoms with Crippen molar-refractivity contribution in [3.8, 4) is 5.88 Å². The van der Waals surface area contributed by atoms with E-state index < -0.39 is 60.5 Å². The van der Waals surface area contributed by atoms with Gasteiger partial charge in [0.15, 0.2) is 12.3 Å². The Morgan fingerprint density at radius 1 is 1.04 bits per heavy atom. The summed E-state index contributed by atoms with van der Waals surface area (Å²) in [5.41, 5.74) is -1.91. The Morgan fingerprint density at radius 2 is 1.73 bits per heavy atom. The highest BCUT2D eigenvalue weighted by Gasteiger charge is 2.63. The van der Waals surface area contributed by atoms with Gasteiger partial charge in [0, 0.05) is 24.0 Å². The number of ether oxygens (including phenoxy) is 1. The number of nitrogens with one attached hydrogen (secondary N) is 3. The Bertz CT molecular complexity index is 1670. The summed E-state index contributed by atoms with van der Waals surface area (Å²) >= 11 is 12.9. The highest BCUT2D eigenvalue weighted by atomic mass is 35.5. The molecular weight excluding hydrogens is 701 g/mol. The van der Waals surface area contributed by atoms with Gasteiger partial charge < -0.3 is 20.4 Å². The van der Waals surface area contributed by atoms with Gasteiger partial charge in [-0.3, -0.25) is 9.59 Å². The van der Waals surface area contributed by atoms with Crippen LogP contribution in [0.15, 0.2) is 18.2 Å². The zero-order valence-corrected chi connectivity index (χ0v) is 26.4. The number of carbonyl (C=O) groups excluding carboxylic acids is 2. The topological polar surface area (TPSA) is 109 Å². The number of carbonyl (C=O) groups is 2. The summed E-state index contributed by atoms with van der Waals surface area (Å²) in [6.45, 7) is -1.39. The predicted octanol–water partition coefficient (Wildman–Crippen LogP) is 7.70. The number of aromatic amines is 1. The molecule has 0 bridgehead atoms. The highest BCUT2D eigenvalue weighted by Crippen LogP contribution is 2.53. The predicted molar refractivity (Wildman–Crippen MR) is 158 cm³/mol. The molecular formula is C30H29Cl2F8N5O3. The lowest BCUT2D eigenvalue weighted by Crippen LogP contribution is -2.54. The van der Waals surface area contributed by atoms with Crippen LogP contribution >= 0.6 is 23.2 Å². The second-order valence-electron chi connectivity index (χ2n) is 12.0. The number of halogens is 10. The lowest BCUT2D eigenvalue weighted by molar-refractivity contribution is -0.243. The Labute approximate surface area is 278 Å². The van der Waals surface area contributed by atoms with E-state index in [2.05, 4.69) is 25.6 Å². The van der Waals surface area contributed by atoms with E-state index in [-0.39, 0.29) is 90.5 Å². The minimum Gasteiger partial charge on any atom is -0.471 e. The highest BCUT2D eigenvalue weighted by molar-refractivity contribution is 6.36. The van der Waals surface area contributed by atoms with Crippen molar-refractivity contribution >= 4 is 46.2 Å². The molecule has 0 unspecified atom stereocenters. The van der Waals surface area contributed by atoms with Crippen LogP contribution in [-0.4, -0.2) is 58.2 Å². The molecule has 2 fully saturated rings. The van der Waals surface area contributed by atoms with E-state index in [9.17, 15) is 44.7 Å². The van der Waals surface area contributed by atoms with Crippen molar-refractivity contribution in [2.75, 3.05) is 6.61 Å². The molecule has 2 heterocycles. The Hall–Kier alpha value is -3.40. The number of fused-ring (bicyclic) bond motifs is 1. The van der Waals surface area contributed by atoms with Gasteiger partial charge in [-0.2, -0.15) is 31.3 Å². The van der Waals surface area contributed by atoms with Gasteiger partial charge in [-0.15, -0.1) is 0 Å². The smallest absolute Gasteiger partial charge is 0.403 e. The van der Waals surface area contributed by atoms with Gasteiger partial charge in [-0.05, 0) is 61.8 Å². The van der Waals surface area contributed by atoms with Crippen LogP contribution in [0, 0.1) is 11.3 Å². The van der Waals surface area contributed by atoms with Crippen molar-refractivity contribution in [1.82, 2.24) is 25.6 Å². The number of hydrogen-bond acceptors (Lipinski definition) is 5. The Morgan fingerprint density at radius 3 is 2.31 bits per heavy atom. The summed E-state index contributed by atoms with van der Waals surface area (Å²) < 4.78 is 111. The number of pyridine rings is 1. The van der Waals surface area contributed by atoms with Crippen LogP contribution in [0.25, 0.3) is 11.2 Å². The van der Waals surface area contributed by atoms with E-state index in [4.69, 9.17) is 27.9 Å². The summed E-state index contributed by atoms with van der Waals surface area (Å²) in [6.07, 6.45) is -12.5. The van der Waals surface area contributed by atoms with Crippen LogP contribution < -0.4 is 15.4 Å². The third-order valence-corrected chi connectivity index (χ3v) is 9.66. The average Bonchev–Trinajstić information content (AvgIpc) is 3.37. The zero-order chi connectivity index (χ0) is 35.0. The largest absolute Gasteiger partial charge is 0.471 e. The van der Waals surface area contributed by atoms with Crippen LogP contribution in [0.3, 0.4) is 0 Å². The molecule has 1 aromatic carbocycles. The van der Waals surface area contributed by atoms with Crippen molar-refractivity contribution in [3.05, 3.63) is 50.8 Å². The second-order valence-corrected chi connectivity index (χ2v) is 12.7. The van der Waals surface area contributed by atoms with Gasteiger partial charge in [0.25, 0.3) is 12.3 Å². The van der Waals surface area contributed by atoms with Gasteiger partial charge in [-0.25, -0.2) is 13.8 Å². The minimum absolute atomic E-state index is 0.0230. The first kappa shape index (κ1) is 35.9. The van der Waals surface area contributed by atoms with Gasteiger partial charge in [0.1, 0.15) is 16.8 Å². The number of hydrogen-bond donors (Lipinski definition) is 3. The molecule has 3 aromatic rings. The molecule has 0 atom stereocenters. The second kappa shape index (κ2) is 13.8. The summed E-state index contributed by atoms with van der Waals surface area (Å²) in [7, 11) is 0. The maximum atomic E-state index is 13.6. The maximum Gasteiger partial charge on any atom is 0.403 e. The van der Waals surface area contributed by atoms with E-state index in [0.29, 0.717) is 11.1 Å². The molecule has 0 spiro atoms. The van der Waals surface area contributed by atoms with E-state index in [1.54, 1.807) is 0 Å². The van der Waals surface area contributed by atoms with Crippen molar-refractivity contribution < 1.29 is 49.4 Å². The molecule has 18 heteroatoms. The van der Waals surface area contributed by atoms with Crippen LogP contribution in [0.2, 0.25) is 10.0 Å². The van der Waals surface area contributed by atoms with Gasteiger partial charge >= 0.3 is 12.4 Å². The van der Waals surface area contributed by atoms with Crippen LogP contribution in [-0.2, 0) is 17.8 Å². The van der Waals surface area contributed by atoms with Crippen LogP contribution in [0.1, 0.15) is 72.3 Å². The molecule has 8 nitrogen and oxygen atoms in total. The molecule has 2 aliphatic rings. The van der Waals surface area contributed by atoms with E-state index in [0.717, 1.165) is 0 Å². The standard InChI is InChI=1S/C30H29Cl2F8N5O3/c31-19-7-2-14(12-41-27(47)28(8-1-9-28)30(38,39)40)23(32)17(19)11-22-43-20-10-18(26(45-24(20)44-22)48-13-21(33)34)25(46)42-16-5-3-15(4-6-16)29(35,36)37/h2,7,10,15-16,21H,1,3-6,8-9,11-13H2,(H,41,47)(H,42,46)(H,43,44,45). The molecule has 2 saturated carbocycles. The summed E-state index contributed by atoms with van der Waals surface area (Å²) in [5, 5.41) is 5.20. The average molecular weight is 730 g/mol. The minimum atomic E-state index is -4.69. The number of benzene rings is 1. The first-order valence-electron chi connectivity index (χ1n) is 15.0. The van der Waals surface area contributed by atoms with Crippen molar-refractivity contribution in [3.63, 3.8) is 0 Å². The van der Waals surface area contributed by atoms with Crippen molar-refractivity contribution in [2.24, 2.45) is 11.3 Å². The normalized spacial score (nSPS) is 19.6. The van der Waals surface area contributed by atoms with E-state index in [1.165, 1.54) is 18.2 Å². The molecule has 0 saturated heterocycles. The first-order chi connectivity index (χ1) is 22.5. The Balaban J connectivity index is 1.34. The Kier molecular flexibility index (Phi) is 10.4. The number of alkyl halides is 8. The number of amides is 2. The lowest BCUT2D eigenvalue weighted by Gasteiger charge is -2.41. The molecule has 0 radical (unpaired) electrons. The van der Waals surface area contributed by atoms with E-state index in [1.807, 2.05) is 0 Å². The SMILES string of the molecule is O=C(NC1CCC(C(F)(F)F)CC1)c1cc2[nH]c(Cc3c(Cl)ccc(CNC(=O)C4(C(F)(F)F)CCC4)c3Cl)nc2nc1OCC(F)F.